The molecule has 138 valence electrons. The molecule has 0 bridgehead atoms. The summed E-state index contributed by atoms with van der Waals surface area (Å²) in [5.74, 6) is -0.435. The van der Waals surface area contributed by atoms with Crippen LogP contribution in [0.25, 0.3) is 10.9 Å². The van der Waals surface area contributed by atoms with Crippen LogP contribution in [-0.2, 0) is 17.6 Å². The summed E-state index contributed by atoms with van der Waals surface area (Å²) in [5.41, 5.74) is 3.34. The van der Waals surface area contributed by atoms with Crippen molar-refractivity contribution in [2.45, 2.75) is 19.3 Å². The average Bonchev–Trinajstić information content (AvgIpc) is 3.29. The second-order valence-electron chi connectivity index (χ2n) is 7.11. The first-order chi connectivity index (χ1) is 13.1. The lowest BCUT2D eigenvalue weighted by molar-refractivity contribution is -0.136. The third kappa shape index (κ3) is 3.69. The lowest BCUT2D eigenvalue weighted by Gasteiger charge is -2.15. The van der Waals surface area contributed by atoms with E-state index in [-0.39, 0.29) is 12.3 Å². The molecule has 2 heterocycles. The molecule has 1 fully saturated rings. The standard InChI is InChI=1S/C21H21N3O3/c25-19(26)12-15-7-5-14(6-8-15)11-16-9-10-24(13-16)21(27)20-17-3-1-2-4-18(17)22-23-20/h1-8,16H,9-13H2,(H,22,23)(H,25,26). The van der Waals surface area contributed by atoms with Gasteiger partial charge in [0.05, 0.1) is 11.9 Å². The van der Waals surface area contributed by atoms with Gasteiger partial charge in [-0.1, -0.05) is 42.5 Å². The Balaban J connectivity index is 1.40. The van der Waals surface area contributed by atoms with Crippen LogP contribution >= 0.6 is 0 Å². The fraction of sp³-hybridized carbons (Fsp3) is 0.286. The summed E-state index contributed by atoms with van der Waals surface area (Å²) in [4.78, 5) is 25.5. The van der Waals surface area contributed by atoms with Gasteiger partial charge in [-0.2, -0.15) is 5.10 Å². The molecule has 2 N–H and O–H groups in total. The predicted molar refractivity (Wildman–Crippen MR) is 102 cm³/mol. The highest BCUT2D eigenvalue weighted by molar-refractivity contribution is 6.04. The maximum absolute atomic E-state index is 12.9. The number of carboxylic acids is 1. The molecule has 1 saturated heterocycles. The van der Waals surface area contributed by atoms with Crippen LogP contribution in [-0.4, -0.2) is 45.2 Å². The lowest BCUT2D eigenvalue weighted by Crippen LogP contribution is -2.29. The number of carboxylic acid groups (broad SMARTS) is 1. The first-order valence-corrected chi connectivity index (χ1v) is 9.12. The molecule has 2 aromatic carbocycles. The Morgan fingerprint density at radius 1 is 1.11 bits per heavy atom. The van der Waals surface area contributed by atoms with Crippen molar-refractivity contribution in [1.82, 2.24) is 15.1 Å². The molecule has 0 saturated carbocycles. The van der Waals surface area contributed by atoms with Crippen LogP contribution in [0.15, 0.2) is 48.5 Å². The number of amides is 1. The second kappa shape index (κ2) is 7.23. The number of fused-ring (bicyclic) bond motifs is 1. The van der Waals surface area contributed by atoms with Crippen molar-refractivity contribution in [2.75, 3.05) is 13.1 Å². The second-order valence-corrected chi connectivity index (χ2v) is 7.11. The Morgan fingerprint density at radius 3 is 2.63 bits per heavy atom. The quantitative estimate of drug-likeness (QED) is 0.730. The summed E-state index contributed by atoms with van der Waals surface area (Å²) in [6, 6.07) is 15.4. The first kappa shape index (κ1) is 17.3. The van der Waals surface area contributed by atoms with Crippen molar-refractivity contribution >= 4 is 22.8 Å². The summed E-state index contributed by atoms with van der Waals surface area (Å²) in [6.07, 6.45) is 1.90. The number of aromatic nitrogens is 2. The molecule has 1 unspecified atom stereocenters. The number of hydrogen-bond acceptors (Lipinski definition) is 3. The monoisotopic (exact) mass is 363 g/mol. The van der Waals surface area contributed by atoms with E-state index in [1.54, 1.807) is 0 Å². The van der Waals surface area contributed by atoms with Gasteiger partial charge >= 0.3 is 5.97 Å². The van der Waals surface area contributed by atoms with Gasteiger partial charge in [-0.15, -0.1) is 0 Å². The van der Waals surface area contributed by atoms with Crippen molar-refractivity contribution in [3.8, 4) is 0 Å². The largest absolute Gasteiger partial charge is 0.481 e. The number of aliphatic carboxylic acids is 1. The van der Waals surface area contributed by atoms with Crippen molar-refractivity contribution in [3.63, 3.8) is 0 Å². The normalized spacial score (nSPS) is 16.7. The highest BCUT2D eigenvalue weighted by atomic mass is 16.4. The highest BCUT2D eigenvalue weighted by Crippen LogP contribution is 2.24. The maximum atomic E-state index is 12.9. The van der Waals surface area contributed by atoms with Crippen molar-refractivity contribution in [3.05, 3.63) is 65.4 Å². The number of hydrogen-bond donors (Lipinski definition) is 2. The van der Waals surface area contributed by atoms with Gasteiger partial charge in [-0.05, 0) is 36.0 Å². The maximum Gasteiger partial charge on any atom is 0.307 e. The molecule has 3 aromatic rings. The van der Waals surface area contributed by atoms with Gasteiger partial charge in [-0.3, -0.25) is 14.7 Å². The van der Waals surface area contributed by atoms with E-state index in [0.717, 1.165) is 42.4 Å². The van der Waals surface area contributed by atoms with Gasteiger partial charge in [-0.25, -0.2) is 0 Å². The Bertz CT molecular complexity index is 978. The molecule has 27 heavy (non-hydrogen) atoms. The summed E-state index contributed by atoms with van der Waals surface area (Å²) in [5, 5.41) is 16.8. The number of H-pyrrole nitrogens is 1. The van der Waals surface area contributed by atoms with Gasteiger partial charge in [0.1, 0.15) is 0 Å². The Hall–Kier alpha value is -3.15. The van der Waals surface area contributed by atoms with E-state index in [1.807, 2.05) is 53.4 Å². The molecule has 1 aliphatic heterocycles. The van der Waals surface area contributed by atoms with Crippen LogP contribution in [0.5, 0.6) is 0 Å². The molecule has 0 spiro atoms. The van der Waals surface area contributed by atoms with E-state index in [2.05, 4.69) is 10.2 Å². The number of rotatable bonds is 5. The Labute approximate surface area is 156 Å². The zero-order valence-electron chi connectivity index (χ0n) is 14.9. The van der Waals surface area contributed by atoms with E-state index in [0.29, 0.717) is 11.6 Å². The molecule has 6 heteroatoms. The molecule has 1 atom stereocenters. The third-order valence-electron chi connectivity index (χ3n) is 5.15. The van der Waals surface area contributed by atoms with E-state index in [4.69, 9.17) is 5.11 Å². The van der Waals surface area contributed by atoms with Crippen LogP contribution in [0.4, 0.5) is 0 Å². The highest BCUT2D eigenvalue weighted by Gasteiger charge is 2.29. The minimum absolute atomic E-state index is 0.0215. The molecule has 0 aliphatic carbocycles. The van der Waals surface area contributed by atoms with E-state index >= 15 is 0 Å². The number of carbonyl (C=O) groups is 2. The van der Waals surface area contributed by atoms with Crippen LogP contribution in [0.1, 0.15) is 28.0 Å². The van der Waals surface area contributed by atoms with Crippen LogP contribution in [0.3, 0.4) is 0 Å². The summed E-state index contributed by atoms with van der Waals surface area (Å²) in [7, 11) is 0. The average molecular weight is 363 g/mol. The topological polar surface area (TPSA) is 86.3 Å². The summed E-state index contributed by atoms with van der Waals surface area (Å²) < 4.78 is 0. The van der Waals surface area contributed by atoms with E-state index in [1.165, 1.54) is 5.56 Å². The fourth-order valence-corrected chi connectivity index (χ4v) is 3.76. The van der Waals surface area contributed by atoms with Gasteiger partial charge < -0.3 is 10.0 Å². The zero-order valence-corrected chi connectivity index (χ0v) is 14.9. The Morgan fingerprint density at radius 2 is 1.85 bits per heavy atom. The van der Waals surface area contributed by atoms with Gasteiger partial charge in [0.2, 0.25) is 0 Å². The predicted octanol–water partition coefficient (Wildman–Crippen LogP) is 2.89. The minimum Gasteiger partial charge on any atom is -0.481 e. The minimum atomic E-state index is -0.821. The zero-order chi connectivity index (χ0) is 18.8. The molecule has 1 amide bonds. The number of aromatic amines is 1. The molecular weight excluding hydrogens is 342 g/mol. The van der Waals surface area contributed by atoms with Crippen LogP contribution < -0.4 is 0 Å². The molecule has 6 nitrogen and oxygen atoms in total. The number of nitrogens with zero attached hydrogens (tertiary/aromatic N) is 2. The molecule has 1 aliphatic rings. The smallest absolute Gasteiger partial charge is 0.307 e. The summed E-state index contributed by atoms with van der Waals surface area (Å²) in [6.45, 7) is 1.46. The summed E-state index contributed by atoms with van der Waals surface area (Å²) >= 11 is 0. The van der Waals surface area contributed by atoms with Crippen molar-refractivity contribution in [1.29, 1.82) is 0 Å². The number of benzene rings is 2. The fourth-order valence-electron chi connectivity index (χ4n) is 3.76. The molecular formula is C21H21N3O3. The Kier molecular flexibility index (Phi) is 4.62. The van der Waals surface area contributed by atoms with E-state index < -0.39 is 5.97 Å². The van der Waals surface area contributed by atoms with Crippen LogP contribution in [0, 0.1) is 5.92 Å². The SMILES string of the molecule is O=C(O)Cc1ccc(CC2CCN(C(=O)c3n[nH]c4ccccc34)C2)cc1. The van der Waals surface area contributed by atoms with Crippen molar-refractivity contribution in [2.24, 2.45) is 5.92 Å². The van der Waals surface area contributed by atoms with Crippen molar-refractivity contribution < 1.29 is 14.7 Å². The molecule has 0 radical (unpaired) electrons. The van der Waals surface area contributed by atoms with Crippen LogP contribution in [0.2, 0.25) is 0 Å². The van der Waals surface area contributed by atoms with Gasteiger partial charge in [0.25, 0.3) is 5.91 Å². The number of nitrogens with one attached hydrogen (secondary N) is 1. The first-order valence-electron chi connectivity index (χ1n) is 9.12. The number of carbonyl (C=O) groups excluding carboxylic acids is 1. The van der Waals surface area contributed by atoms with Gasteiger partial charge in [0.15, 0.2) is 5.69 Å². The molecule has 1 aromatic heterocycles. The third-order valence-corrected chi connectivity index (χ3v) is 5.15. The van der Waals surface area contributed by atoms with E-state index in [9.17, 15) is 9.59 Å². The molecule has 4 rings (SSSR count). The lowest BCUT2D eigenvalue weighted by atomic mass is 9.97. The number of likely N-dealkylation sites (tertiary alicyclic amines) is 1. The van der Waals surface area contributed by atoms with Gasteiger partial charge in [0, 0.05) is 18.5 Å². The number of para-hydroxylation sites is 1.